The van der Waals surface area contributed by atoms with Gasteiger partial charge in [0.15, 0.2) is 0 Å². The van der Waals surface area contributed by atoms with Crippen LogP contribution < -0.4 is 0 Å². The Balaban J connectivity index is -0.00000000675. The molecule has 0 radical (unpaired) electrons. The van der Waals surface area contributed by atoms with Gasteiger partial charge in [-0.2, -0.15) is 0 Å². The SMILES string of the molecule is O.O.O=[N+]([O-])[O-].O=[N+]([O-])[O-].O=[N+]([O-])[O-].[OH3+].[OH3+].[OH3+].[OH3+].[Tm+3]. The summed E-state index contributed by atoms with van der Waals surface area (Å²) in [5.74, 6) is 0. The number of nitrogens with zero attached hydrogens (tertiary/aromatic N) is 3. The maximum atomic E-state index is 8.25. The fraction of sp³-hybridized carbons (Fsp3) is 0. The minimum atomic E-state index is -1.75. The topological polar surface area (TPSA) is 394 Å². The maximum Gasteiger partial charge on any atom is 3.00 e. The molecule has 16 N–H and O–H groups in total. The van der Waals surface area contributed by atoms with Crippen molar-refractivity contribution in [2.45, 2.75) is 0 Å². The third-order valence-electron chi connectivity index (χ3n) is 0. The van der Waals surface area contributed by atoms with Gasteiger partial charge in [-0.15, -0.1) is 0 Å². The van der Waals surface area contributed by atoms with Crippen molar-refractivity contribution in [3.8, 4) is 0 Å². The van der Waals surface area contributed by atoms with Crippen LogP contribution in [0.4, 0.5) is 0 Å². The van der Waals surface area contributed by atoms with E-state index in [9.17, 15) is 0 Å². The Morgan fingerprint density at radius 3 is 0.474 bits per heavy atom. The minimum Gasteiger partial charge on any atom is -0.457 e. The quantitative estimate of drug-likeness (QED) is 0.185. The third-order valence-corrected chi connectivity index (χ3v) is 0. The van der Waals surface area contributed by atoms with E-state index in [1.165, 1.54) is 0 Å². The zero-order valence-corrected chi connectivity index (χ0v) is 10.4. The molecular weight excluding hydrogens is 451 g/mol. The molecule has 0 heterocycles. The fourth-order valence-corrected chi connectivity index (χ4v) is 0. The largest absolute Gasteiger partial charge is 3.00 e. The molecule has 130 valence electrons. The summed E-state index contributed by atoms with van der Waals surface area (Å²) >= 11 is 0. The molecular formula is H16N3O15Tm+4. The first kappa shape index (κ1) is 84.0. The second-order valence-corrected chi connectivity index (χ2v) is 0.671. The van der Waals surface area contributed by atoms with Crippen LogP contribution in [0.5, 0.6) is 0 Å². The molecule has 0 aromatic rings. The Bertz CT molecular complexity index is 115. The summed E-state index contributed by atoms with van der Waals surface area (Å²) in [5.41, 5.74) is 0. The maximum absolute atomic E-state index is 8.25. The van der Waals surface area contributed by atoms with E-state index in [1.807, 2.05) is 0 Å². The van der Waals surface area contributed by atoms with Crippen molar-refractivity contribution in [2.75, 3.05) is 0 Å². The molecule has 0 saturated carbocycles. The van der Waals surface area contributed by atoms with Gasteiger partial charge in [-0.1, -0.05) is 0 Å². The molecule has 0 aromatic carbocycles. The Morgan fingerprint density at radius 2 is 0.474 bits per heavy atom. The number of hydrogen-bond donors (Lipinski definition) is 0. The van der Waals surface area contributed by atoms with E-state index in [-0.39, 0.29) is 69.7 Å². The van der Waals surface area contributed by atoms with Crippen LogP contribution in [-0.4, -0.2) is 26.2 Å². The van der Waals surface area contributed by atoms with Gasteiger partial charge in [0.2, 0.25) is 0 Å². The van der Waals surface area contributed by atoms with Crippen molar-refractivity contribution in [1.29, 1.82) is 0 Å². The van der Waals surface area contributed by atoms with Gasteiger partial charge in [0.05, 0.1) is 15.3 Å². The van der Waals surface area contributed by atoms with Gasteiger partial charge in [-0.25, -0.2) is 0 Å². The molecule has 0 aliphatic carbocycles. The van der Waals surface area contributed by atoms with Crippen molar-refractivity contribution in [1.82, 2.24) is 0 Å². The van der Waals surface area contributed by atoms with E-state index < -0.39 is 15.3 Å². The third kappa shape index (κ3) is 1790. The molecule has 0 amide bonds. The second-order valence-electron chi connectivity index (χ2n) is 0.671. The number of rotatable bonds is 0. The molecule has 0 saturated heterocycles. The van der Waals surface area contributed by atoms with Crippen LogP contribution in [-0.2, 0) is 21.9 Å². The van der Waals surface area contributed by atoms with E-state index in [0.29, 0.717) is 0 Å². The molecule has 0 rings (SSSR count). The van der Waals surface area contributed by atoms with Crippen molar-refractivity contribution >= 4 is 0 Å². The molecule has 19 heavy (non-hydrogen) atoms. The predicted molar refractivity (Wildman–Crippen MR) is 57.8 cm³/mol. The van der Waals surface area contributed by atoms with Crippen LogP contribution in [0.15, 0.2) is 0 Å². The monoisotopic (exact) mass is 467 g/mol. The fourth-order valence-electron chi connectivity index (χ4n) is 0. The first-order valence-electron chi connectivity index (χ1n) is 1.64. The van der Waals surface area contributed by atoms with E-state index in [0.717, 1.165) is 0 Å². The van der Waals surface area contributed by atoms with Gasteiger partial charge in [0.25, 0.3) is 0 Å². The first-order chi connectivity index (χ1) is 5.20. The van der Waals surface area contributed by atoms with Gasteiger partial charge in [-0.05, 0) is 0 Å². The molecule has 0 unspecified atom stereocenters. The van der Waals surface area contributed by atoms with E-state index in [2.05, 4.69) is 0 Å². The average molecular weight is 467 g/mol. The zero-order chi connectivity index (χ0) is 10.7. The Labute approximate surface area is 131 Å². The van der Waals surface area contributed by atoms with Crippen LogP contribution in [0.25, 0.3) is 0 Å². The summed E-state index contributed by atoms with van der Waals surface area (Å²) in [4.78, 5) is 24.8. The van der Waals surface area contributed by atoms with Crippen molar-refractivity contribution in [3.05, 3.63) is 46.0 Å². The standard InChI is InChI=1S/3NO3.6H2O.Tm/c3*2-1(3)4;;;;;;;/h;;;6*1H2;/q3*-1;;;;;;;+3/p+4. The Morgan fingerprint density at radius 1 is 0.474 bits per heavy atom. The number of hydrogen-bond acceptors (Lipinski definition) is 9. The summed E-state index contributed by atoms with van der Waals surface area (Å²) in [7, 11) is 0. The van der Waals surface area contributed by atoms with Crippen LogP contribution in [0.2, 0.25) is 0 Å². The molecule has 0 bridgehead atoms. The first-order valence-corrected chi connectivity index (χ1v) is 1.64. The second kappa shape index (κ2) is 70.0. The van der Waals surface area contributed by atoms with E-state index >= 15 is 0 Å². The summed E-state index contributed by atoms with van der Waals surface area (Å²) in [6.07, 6.45) is 0. The normalized spacial score (nSPS) is 3.79. The zero-order valence-electron chi connectivity index (χ0n) is 8.60. The molecule has 0 aliphatic heterocycles. The van der Waals surface area contributed by atoms with Crippen molar-refractivity contribution < 1.29 is 85.0 Å². The molecule has 0 fully saturated rings. The van der Waals surface area contributed by atoms with Gasteiger partial charge in [0.1, 0.15) is 0 Å². The molecule has 0 atom stereocenters. The van der Waals surface area contributed by atoms with Gasteiger partial charge >= 0.3 is 36.9 Å². The average Bonchev–Trinajstić information content (AvgIpc) is 1.54. The van der Waals surface area contributed by atoms with Crippen LogP contribution in [0, 0.1) is 82.8 Å². The van der Waals surface area contributed by atoms with E-state index in [4.69, 9.17) is 46.0 Å². The summed E-state index contributed by atoms with van der Waals surface area (Å²) in [6.45, 7) is 0. The predicted octanol–water partition coefficient (Wildman–Crippen LogP) is -6.05. The molecule has 0 aromatic heterocycles. The smallest absolute Gasteiger partial charge is 0.457 e. The Hall–Kier alpha value is -1.41. The Kier molecular flexibility index (Phi) is 309. The summed E-state index contributed by atoms with van der Waals surface area (Å²) in [6, 6.07) is 0. The molecule has 0 aliphatic rings. The molecule has 0 spiro atoms. The van der Waals surface area contributed by atoms with Crippen molar-refractivity contribution in [2.24, 2.45) is 0 Å². The molecule has 18 nitrogen and oxygen atoms in total. The van der Waals surface area contributed by atoms with E-state index in [1.54, 1.807) is 0 Å². The van der Waals surface area contributed by atoms with Gasteiger partial charge in [-0.3, -0.25) is 0 Å². The minimum absolute atomic E-state index is 0. The van der Waals surface area contributed by atoms with Gasteiger partial charge < -0.3 is 78.8 Å². The van der Waals surface area contributed by atoms with Crippen LogP contribution in [0.1, 0.15) is 0 Å². The van der Waals surface area contributed by atoms with Crippen LogP contribution >= 0.6 is 0 Å². The van der Waals surface area contributed by atoms with Gasteiger partial charge in [0, 0.05) is 0 Å². The van der Waals surface area contributed by atoms with Crippen LogP contribution in [0.3, 0.4) is 0 Å². The summed E-state index contributed by atoms with van der Waals surface area (Å²) < 4.78 is 0. The summed E-state index contributed by atoms with van der Waals surface area (Å²) in [5, 5.41) is 44.2. The molecule has 19 heteroatoms. The van der Waals surface area contributed by atoms with Crippen molar-refractivity contribution in [3.63, 3.8) is 0 Å².